The van der Waals surface area contributed by atoms with Gasteiger partial charge in [0.25, 0.3) is 0 Å². The lowest BCUT2D eigenvalue weighted by atomic mass is 10.2. The molecule has 0 fully saturated rings. The molecule has 0 saturated heterocycles. The van der Waals surface area contributed by atoms with Crippen molar-refractivity contribution in [3.05, 3.63) is 41.2 Å². The SMILES string of the molecule is CC1=CCCN(S(=O)(=O)c2cccc(F)c2C#N)C1. The van der Waals surface area contributed by atoms with Crippen LogP contribution < -0.4 is 0 Å². The Morgan fingerprint density at radius 3 is 2.79 bits per heavy atom. The number of nitrogens with zero attached hydrogens (tertiary/aromatic N) is 2. The van der Waals surface area contributed by atoms with E-state index in [2.05, 4.69) is 0 Å². The van der Waals surface area contributed by atoms with Gasteiger partial charge in [0.1, 0.15) is 22.3 Å². The summed E-state index contributed by atoms with van der Waals surface area (Å²) in [5, 5.41) is 8.93. The van der Waals surface area contributed by atoms with Gasteiger partial charge in [0.15, 0.2) is 0 Å². The van der Waals surface area contributed by atoms with Crippen molar-refractivity contribution in [1.82, 2.24) is 4.31 Å². The summed E-state index contributed by atoms with van der Waals surface area (Å²) in [5.41, 5.74) is 0.527. The van der Waals surface area contributed by atoms with Crippen molar-refractivity contribution in [2.75, 3.05) is 13.1 Å². The molecule has 0 aliphatic carbocycles. The molecule has 0 spiro atoms. The Labute approximate surface area is 111 Å². The summed E-state index contributed by atoms with van der Waals surface area (Å²) in [6.07, 6.45) is 2.60. The molecule has 2 rings (SSSR count). The van der Waals surface area contributed by atoms with E-state index in [4.69, 9.17) is 5.26 Å². The number of hydrogen-bond donors (Lipinski definition) is 0. The van der Waals surface area contributed by atoms with Gasteiger partial charge in [0, 0.05) is 13.1 Å². The Balaban J connectivity index is 2.50. The highest BCUT2D eigenvalue weighted by Crippen LogP contribution is 2.24. The Morgan fingerprint density at radius 2 is 2.16 bits per heavy atom. The van der Waals surface area contributed by atoms with Gasteiger partial charge in [-0.15, -0.1) is 0 Å². The summed E-state index contributed by atoms with van der Waals surface area (Å²) >= 11 is 0. The smallest absolute Gasteiger partial charge is 0.207 e. The zero-order valence-electron chi connectivity index (χ0n) is 10.4. The number of halogens is 1. The maximum atomic E-state index is 13.5. The van der Waals surface area contributed by atoms with Gasteiger partial charge in [-0.1, -0.05) is 17.7 Å². The molecule has 4 nitrogen and oxygen atoms in total. The normalized spacial score (nSPS) is 16.8. The zero-order valence-corrected chi connectivity index (χ0v) is 11.2. The van der Waals surface area contributed by atoms with E-state index in [1.807, 2.05) is 13.0 Å². The molecule has 0 N–H and O–H groups in total. The molecular formula is C13H13FN2O2S. The van der Waals surface area contributed by atoms with E-state index < -0.39 is 21.4 Å². The second-order valence-corrected chi connectivity index (χ2v) is 6.31. The summed E-state index contributed by atoms with van der Waals surface area (Å²) < 4.78 is 39.7. The molecule has 1 heterocycles. The van der Waals surface area contributed by atoms with Crippen molar-refractivity contribution >= 4 is 10.0 Å². The van der Waals surface area contributed by atoms with Gasteiger partial charge >= 0.3 is 0 Å². The molecule has 0 radical (unpaired) electrons. The third kappa shape index (κ3) is 2.53. The molecule has 0 unspecified atom stereocenters. The number of hydrogen-bond acceptors (Lipinski definition) is 3. The number of rotatable bonds is 2. The Hall–Kier alpha value is -1.71. The van der Waals surface area contributed by atoms with Crippen LogP contribution in [0, 0.1) is 17.1 Å². The third-order valence-electron chi connectivity index (χ3n) is 3.00. The molecule has 100 valence electrons. The van der Waals surface area contributed by atoms with Crippen LogP contribution in [0.25, 0.3) is 0 Å². The first-order chi connectivity index (χ1) is 8.96. The Bertz CT molecular complexity index is 674. The number of benzene rings is 1. The van der Waals surface area contributed by atoms with Crippen LogP contribution in [0.4, 0.5) is 4.39 Å². The van der Waals surface area contributed by atoms with Gasteiger partial charge in [0.2, 0.25) is 10.0 Å². The van der Waals surface area contributed by atoms with Crippen LogP contribution in [0.2, 0.25) is 0 Å². The van der Waals surface area contributed by atoms with E-state index in [0.29, 0.717) is 13.0 Å². The molecule has 1 aliphatic heterocycles. The van der Waals surface area contributed by atoms with Gasteiger partial charge in [-0.2, -0.15) is 9.57 Å². The topological polar surface area (TPSA) is 61.2 Å². The third-order valence-corrected chi connectivity index (χ3v) is 4.89. The second-order valence-electron chi connectivity index (χ2n) is 4.40. The lowest BCUT2D eigenvalue weighted by Gasteiger charge is -2.25. The molecule has 1 aromatic rings. The molecule has 6 heteroatoms. The van der Waals surface area contributed by atoms with Crippen LogP contribution in [0.15, 0.2) is 34.7 Å². The van der Waals surface area contributed by atoms with Crippen LogP contribution in [0.3, 0.4) is 0 Å². The summed E-state index contributed by atoms with van der Waals surface area (Å²) in [4.78, 5) is -0.260. The highest BCUT2D eigenvalue weighted by Gasteiger charge is 2.29. The van der Waals surface area contributed by atoms with Crippen LogP contribution in [-0.2, 0) is 10.0 Å². The number of sulfonamides is 1. The monoisotopic (exact) mass is 280 g/mol. The fraction of sp³-hybridized carbons (Fsp3) is 0.308. The minimum Gasteiger partial charge on any atom is -0.207 e. The standard InChI is InChI=1S/C13H13FN2O2S/c1-10-4-3-7-16(9-10)19(17,18)13-6-2-5-12(14)11(13)8-15/h2,4-6H,3,7,9H2,1H3. The fourth-order valence-electron chi connectivity index (χ4n) is 2.05. The van der Waals surface area contributed by atoms with Crippen molar-refractivity contribution in [3.63, 3.8) is 0 Å². The van der Waals surface area contributed by atoms with Crippen LogP contribution in [-0.4, -0.2) is 25.8 Å². The highest BCUT2D eigenvalue weighted by molar-refractivity contribution is 7.89. The summed E-state index contributed by atoms with van der Waals surface area (Å²) in [6, 6.07) is 5.28. The van der Waals surface area contributed by atoms with E-state index in [9.17, 15) is 12.8 Å². The van der Waals surface area contributed by atoms with Crippen LogP contribution in [0.1, 0.15) is 18.9 Å². The summed E-state index contributed by atoms with van der Waals surface area (Å²) in [5.74, 6) is -0.812. The first kappa shape index (κ1) is 13.7. The van der Waals surface area contributed by atoms with Gasteiger partial charge < -0.3 is 0 Å². The van der Waals surface area contributed by atoms with E-state index in [0.717, 1.165) is 11.6 Å². The molecule has 0 atom stereocenters. The lowest BCUT2D eigenvalue weighted by molar-refractivity contribution is 0.427. The van der Waals surface area contributed by atoms with E-state index >= 15 is 0 Å². The Morgan fingerprint density at radius 1 is 1.42 bits per heavy atom. The zero-order chi connectivity index (χ0) is 14.0. The quantitative estimate of drug-likeness (QED) is 0.779. The van der Waals surface area contributed by atoms with Gasteiger partial charge in [-0.05, 0) is 25.5 Å². The van der Waals surface area contributed by atoms with Crippen molar-refractivity contribution in [2.45, 2.75) is 18.2 Å². The maximum absolute atomic E-state index is 13.5. The van der Waals surface area contributed by atoms with Crippen LogP contribution in [0.5, 0.6) is 0 Å². The number of nitriles is 1. The summed E-state index contributed by atoms with van der Waals surface area (Å²) in [6.45, 7) is 2.48. The van der Waals surface area contributed by atoms with Crippen molar-refractivity contribution in [3.8, 4) is 6.07 Å². The van der Waals surface area contributed by atoms with Gasteiger partial charge in [0.05, 0.1) is 0 Å². The van der Waals surface area contributed by atoms with E-state index in [-0.39, 0.29) is 11.4 Å². The largest absolute Gasteiger partial charge is 0.244 e. The molecule has 0 saturated carbocycles. The molecule has 0 aromatic heterocycles. The fourth-order valence-corrected chi connectivity index (χ4v) is 3.70. The Kier molecular flexibility index (Phi) is 3.69. The predicted octanol–water partition coefficient (Wildman–Crippen LogP) is 2.04. The van der Waals surface area contributed by atoms with Crippen molar-refractivity contribution < 1.29 is 12.8 Å². The molecule has 19 heavy (non-hydrogen) atoms. The summed E-state index contributed by atoms with van der Waals surface area (Å²) in [7, 11) is -3.83. The van der Waals surface area contributed by atoms with E-state index in [1.165, 1.54) is 16.4 Å². The van der Waals surface area contributed by atoms with Crippen molar-refractivity contribution in [1.29, 1.82) is 5.26 Å². The first-order valence-electron chi connectivity index (χ1n) is 5.81. The molecule has 0 amide bonds. The predicted molar refractivity (Wildman–Crippen MR) is 68.2 cm³/mol. The molecular weight excluding hydrogens is 267 g/mol. The first-order valence-corrected chi connectivity index (χ1v) is 7.25. The van der Waals surface area contributed by atoms with Crippen LogP contribution >= 0.6 is 0 Å². The van der Waals surface area contributed by atoms with Crippen molar-refractivity contribution in [2.24, 2.45) is 0 Å². The average molecular weight is 280 g/mol. The second kappa shape index (κ2) is 5.11. The lowest BCUT2D eigenvalue weighted by Crippen LogP contribution is -2.35. The van der Waals surface area contributed by atoms with Gasteiger partial charge in [-0.25, -0.2) is 12.8 Å². The molecule has 1 aromatic carbocycles. The minimum absolute atomic E-state index is 0.260. The minimum atomic E-state index is -3.83. The van der Waals surface area contributed by atoms with E-state index in [1.54, 1.807) is 6.07 Å². The molecule has 1 aliphatic rings. The van der Waals surface area contributed by atoms with Gasteiger partial charge in [-0.3, -0.25) is 0 Å². The maximum Gasteiger partial charge on any atom is 0.244 e. The average Bonchev–Trinajstić information content (AvgIpc) is 2.38. The molecule has 0 bridgehead atoms. The highest BCUT2D eigenvalue weighted by atomic mass is 32.2.